The van der Waals surface area contributed by atoms with E-state index in [9.17, 15) is 19.7 Å². The second-order valence-electron chi connectivity index (χ2n) is 6.16. The summed E-state index contributed by atoms with van der Waals surface area (Å²) in [4.78, 5) is 36.9. The number of carbonyl (C=O) groups is 2. The summed E-state index contributed by atoms with van der Waals surface area (Å²) in [7, 11) is 1.18. The zero-order valence-corrected chi connectivity index (χ0v) is 17.2. The minimum absolute atomic E-state index is 0.0910. The number of ketones is 1. The van der Waals surface area contributed by atoms with Crippen LogP contribution in [0.25, 0.3) is 10.1 Å². The molecule has 6 nitrogen and oxygen atoms in total. The standard InChI is InChI=1S/C19H16ClNO5S2/c1-26-19(23)10-13(21(24)25)12(16-6-7-18(20)28-16)9-14(22)17-8-11-4-2-3-5-15(11)27-17/h2-8,12-13H,9-10H2,1H3. The van der Waals surface area contributed by atoms with Gasteiger partial charge in [0.1, 0.15) is 6.42 Å². The number of rotatable bonds is 8. The number of ether oxygens (including phenoxy) is 1. The van der Waals surface area contributed by atoms with Gasteiger partial charge in [0.25, 0.3) is 0 Å². The quantitative estimate of drug-likeness (QED) is 0.210. The predicted molar refractivity (Wildman–Crippen MR) is 110 cm³/mol. The monoisotopic (exact) mass is 437 g/mol. The van der Waals surface area contributed by atoms with Gasteiger partial charge in [-0.3, -0.25) is 19.7 Å². The highest BCUT2D eigenvalue weighted by molar-refractivity contribution is 7.20. The molecular formula is C19H16ClNO5S2. The van der Waals surface area contributed by atoms with E-state index in [0.717, 1.165) is 10.1 Å². The molecule has 0 bridgehead atoms. The van der Waals surface area contributed by atoms with Crippen LogP contribution >= 0.6 is 34.3 Å². The third kappa shape index (κ3) is 4.57. The highest BCUT2D eigenvalue weighted by atomic mass is 35.5. The first-order valence-corrected chi connectivity index (χ1v) is 10.4. The molecule has 0 N–H and O–H groups in total. The average Bonchev–Trinajstić information content (AvgIpc) is 3.30. The van der Waals surface area contributed by atoms with Crippen LogP contribution in [0.4, 0.5) is 0 Å². The lowest BCUT2D eigenvalue weighted by molar-refractivity contribution is -0.525. The number of nitro groups is 1. The molecular weight excluding hydrogens is 422 g/mol. The second-order valence-corrected chi connectivity index (χ2v) is 8.99. The number of esters is 1. The van der Waals surface area contributed by atoms with Gasteiger partial charge < -0.3 is 4.74 Å². The lowest BCUT2D eigenvalue weighted by Gasteiger charge is -2.18. The van der Waals surface area contributed by atoms with Crippen molar-refractivity contribution in [2.24, 2.45) is 0 Å². The SMILES string of the molecule is COC(=O)CC(C(CC(=O)c1cc2ccccc2s1)c1ccc(Cl)s1)[N+](=O)[O-]. The maximum Gasteiger partial charge on any atom is 0.312 e. The summed E-state index contributed by atoms with van der Waals surface area (Å²) in [5, 5.41) is 12.6. The average molecular weight is 438 g/mol. The lowest BCUT2D eigenvalue weighted by Crippen LogP contribution is -2.31. The number of benzene rings is 1. The van der Waals surface area contributed by atoms with Crippen LogP contribution < -0.4 is 0 Å². The molecule has 1 aromatic carbocycles. The second kappa shape index (κ2) is 8.81. The zero-order valence-electron chi connectivity index (χ0n) is 14.8. The highest BCUT2D eigenvalue weighted by Gasteiger charge is 2.38. The molecule has 2 atom stereocenters. The number of carbonyl (C=O) groups excluding carboxylic acids is 2. The minimum atomic E-state index is -1.28. The number of hydrogen-bond acceptors (Lipinski definition) is 7. The predicted octanol–water partition coefficient (Wildman–Crippen LogP) is 5.18. The molecule has 0 amide bonds. The van der Waals surface area contributed by atoms with Crippen molar-refractivity contribution < 1.29 is 19.2 Å². The number of Topliss-reactive ketones (excluding diaryl/α,β-unsaturated/α-hetero) is 1. The molecule has 28 heavy (non-hydrogen) atoms. The van der Waals surface area contributed by atoms with E-state index in [1.165, 1.54) is 29.8 Å². The number of thiophene rings is 2. The first-order chi connectivity index (χ1) is 13.4. The van der Waals surface area contributed by atoms with Crippen molar-refractivity contribution >= 4 is 56.1 Å². The van der Waals surface area contributed by atoms with Crippen LogP contribution in [0.3, 0.4) is 0 Å². The highest BCUT2D eigenvalue weighted by Crippen LogP contribution is 2.37. The van der Waals surface area contributed by atoms with Gasteiger partial charge in [-0.05, 0) is 29.7 Å². The molecule has 0 saturated heterocycles. The van der Waals surface area contributed by atoms with Crippen molar-refractivity contribution in [3.63, 3.8) is 0 Å². The van der Waals surface area contributed by atoms with Crippen molar-refractivity contribution in [2.75, 3.05) is 7.11 Å². The van der Waals surface area contributed by atoms with Gasteiger partial charge in [0, 0.05) is 20.9 Å². The van der Waals surface area contributed by atoms with E-state index in [4.69, 9.17) is 11.6 Å². The third-order valence-corrected chi connectivity index (χ3v) is 6.92. The first kappa shape index (κ1) is 20.4. The molecule has 0 spiro atoms. The van der Waals surface area contributed by atoms with E-state index in [-0.39, 0.29) is 12.2 Å². The Hall–Kier alpha value is -2.29. The summed E-state index contributed by atoms with van der Waals surface area (Å²) in [6.07, 6.45) is -0.504. The van der Waals surface area contributed by atoms with Gasteiger partial charge in [0.05, 0.1) is 22.2 Å². The van der Waals surface area contributed by atoms with E-state index in [2.05, 4.69) is 4.74 Å². The van der Waals surface area contributed by atoms with Gasteiger partial charge >= 0.3 is 5.97 Å². The van der Waals surface area contributed by atoms with Crippen molar-refractivity contribution in [1.29, 1.82) is 0 Å². The van der Waals surface area contributed by atoms with Crippen LogP contribution in [0.2, 0.25) is 4.34 Å². The van der Waals surface area contributed by atoms with Gasteiger partial charge in [-0.1, -0.05) is 29.8 Å². The Balaban J connectivity index is 1.92. The smallest absolute Gasteiger partial charge is 0.312 e. The lowest BCUT2D eigenvalue weighted by atomic mass is 9.90. The molecule has 0 aliphatic carbocycles. The van der Waals surface area contributed by atoms with Gasteiger partial charge in [-0.2, -0.15) is 0 Å². The maximum atomic E-state index is 12.9. The number of fused-ring (bicyclic) bond motifs is 1. The van der Waals surface area contributed by atoms with Crippen LogP contribution in [0.5, 0.6) is 0 Å². The van der Waals surface area contributed by atoms with E-state index in [0.29, 0.717) is 14.1 Å². The summed E-state index contributed by atoms with van der Waals surface area (Å²) in [5.74, 6) is -1.67. The first-order valence-electron chi connectivity index (χ1n) is 8.36. The summed E-state index contributed by atoms with van der Waals surface area (Å²) in [6.45, 7) is 0. The van der Waals surface area contributed by atoms with Crippen molar-refractivity contribution in [2.45, 2.75) is 24.8 Å². The Morgan fingerprint density at radius 1 is 1.18 bits per heavy atom. The maximum absolute atomic E-state index is 12.9. The summed E-state index contributed by atoms with van der Waals surface area (Å²) < 4.78 is 6.04. The Morgan fingerprint density at radius 2 is 1.93 bits per heavy atom. The van der Waals surface area contributed by atoms with E-state index in [1.807, 2.05) is 24.3 Å². The topological polar surface area (TPSA) is 86.5 Å². The minimum Gasteiger partial charge on any atom is -0.469 e. The Kier molecular flexibility index (Phi) is 6.43. The fraction of sp³-hybridized carbons (Fsp3) is 0.263. The van der Waals surface area contributed by atoms with E-state index < -0.39 is 29.3 Å². The molecule has 0 radical (unpaired) electrons. The summed E-state index contributed by atoms with van der Waals surface area (Å²) in [5.41, 5.74) is 0. The number of nitrogens with zero attached hydrogens (tertiary/aromatic N) is 1. The largest absolute Gasteiger partial charge is 0.469 e. The van der Waals surface area contributed by atoms with Crippen LogP contribution in [0.1, 0.15) is 33.3 Å². The Morgan fingerprint density at radius 3 is 2.54 bits per heavy atom. The normalized spacial score (nSPS) is 13.2. The fourth-order valence-corrected chi connectivity index (χ4v) is 5.22. The molecule has 2 unspecified atom stereocenters. The molecule has 9 heteroatoms. The number of hydrogen-bond donors (Lipinski definition) is 0. The molecule has 0 aliphatic heterocycles. The zero-order chi connectivity index (χ0) is 20.3. The number of halogens is 1. The Labute approximate surface area is 173 Å². The Bertz CT molecular complexity index is 995. The summed E-state index contributed by atoms with van der Waals surface area (Å²) in [6, 6.07) is 11.4. The molecule has 2 aromatic heterocycles. The number of methoxy groups -OCH3 is 1. The van der Waals surface area contributed by atoms with E-state index >= 15 is 0 Å². The van der Waals surface area contributed by atoms with Crippen LogP contribution in [0, 0.1) is 10.1 Å². The van der Waals surface area contributed by atoms with E-state index in [1.54, 1.807) is 18.2 Å². The van der Waals surface area contributed by atoms with Crippen LogP contribution in [0.15, 0.2) is 42.5 Å². The van der Waals surface area contributed by atoms with Crippen molar-refractivity contribution in [3.05, 3.63) is 66.7 Å². The molecule has 0 saturated carbocycles. The van der Waals surface area contributed by atoms with Gasteiger partial charge in [-0.15, -0.1) is 22.7 Å². The molecule has 0 aliphatic rings. The molecule has 3 rings (SSSR count). The molecule has 2 heterocycles. The summed E-state index contributed by atoms with van der Waals surface area (Å²) >= 11 is 8.53. The molecule has 146 valence electrons. The third-order valence-electron chi connectivity index (χ3n) is 4.40. The van der Waals surface area contributed by atoms with Gasteiger partial charge in [0.15, 0.2) is 5.78 Å². The van der Waals surface area contributed by atoms with Gasteiger partial charge in [0.2, 0.25) is 6.04 Å². The van der Waals surface area contributed by atoms with Crippen LogP contribution in [-0.2, 0) is 9.53 Å². The molecule has 3 aromatic rings. The molecule has 0 fully saturated rings. The van der Waals surface area contributed by atoms with Crippen molar-refractivity contribution in [1.82, 2.24) is 0 Å². The van der Waals surface area contributed by atoms with Gasteiger partial charge in [-0.25, -0.2) is 0 Å². The van der Waals surface area contributed by atoms with Crippen LogP contribution in [-0.4, -0.2) is 29.8 Å². The fourth-order valence-electron chi connectivity index (χ4n) is 2.99. The van der Waals surface area contributed by atoms with Crippen molar-refractivity contribution in [3.8, 4) is 0 Å².